The van der Waals surface area contributed by atoms with E-state index in [9.17, 15) is 13.2 Å². The lowest BCUT2D eigenvalue weighted by Gasteiger charge is -2.30. The molecule has 0 aromatic heterocycles. The molecule has 1 aliphatic heterocycles. The van der Waals surface area contributed by atoms with Crippen LogP contribution in [0.1, 0.15) is 32.8 Å². The van der Waals surface area contributed by atoms with Crippen molar-refractivity contribution in [3.63, 3.8) is 0 Å². The lowest BCUT2D eigenvalue weighted by molar-refractivity contribution is -0.124. The molecule has 2 aromatic carbocycles. The predicted octanol–water partition coefficient (Wildman–Crippen LogP) is 3.78. The van der Waals surface area contributed by atoms with Crippen LogP contribution in [0.2, 0.25) is 5.02 Å². The minimum atomic E-state index is -3.76. The Bertz CT molecular complexity index is 1020. The number of ether oxygens (including phenoxy) is 1. The van der Waals surface area contributed by atoms with Gasteiger partial charge in [0, 0.05) is 12.1 Å². The van der Waals surface area contributed by atoms with Gasteiger partial charge in [-0.25, -0.2) is 8.42 Å². The number of hydrogen-bond donors (Lipinski definition) is 1. The van der Waals surface area contributed by atoms with E-state index >= 15 is 0 Å². The van der Waals surface area contributed by atoms with Crippen molar-refractivity contribution in [2.45, 2.75) is 44.0 Å². The fourth-order valence-corrected chi connectivity index (χ4v) is 5.10. The van der Waals surface area contributed by atoms with Crippen molar-refractivity contribution in [1.82, 2.24) is 5.32 Å². The van der Waals surface area contributed by atoms with E-state index < -0.39 is 10.0 Å². The van der Waals surface area contributed by atoms with Crippen molar-refractivity contribution in [1.29, 1.82) is 0 Å². The van der Waals surface area contributed by atoms with Crippen LogP contribution in [-0.2, 0) is 21.2 Å². The van der Waals surface area contributed by atoms with Crippen LogP contribution in [0.3, 0.4) is 0 Å². The Morgan fingerprint density at radius 3 is 2.62 bits per heavy atom. The largest absolute Gasteiger partial charge is 0.482 e. The number of hydrogen-bond acceptors (Lipinski definition) is 4. The third kappa shape index (κ3) is 5.03. The highest BCUT2D eigenvalue weighted by Gasteiger charge is 2.29. The second kappa shape index (κ2) is 8.24. The van der Waals surface area contributed by atoms with Gasteiger partial charge in [0.1, 0.15) is 5.75 Å². The van der Waals surface area contributed by atoms with Gasteiger partial charge in [0.05, 0.1) is 15.6 Å². The highest BCUT2D eigenvalue weighted by Crippen LogP contribution is 2.34. The fourth-order valence-electron chi connectivity index (χ4n) is 3.23. The molecular weight excluding hydrogens is 412 g/mol. The summed E-state index contributed by atoms with van der Waals surface area (Å²) in [5.41, 5.74) is 1.35. The summed E-state index contributed by atoms with van der Waals surface area (Å²) < 4.78 is 33.3. The molecule has 0 saturated heterocycles. The normalized spacial score (nSPS) is 14.3. The molecule has 0 saturated carbocycles. The highest BCUT2D eigenvalue weighted by molar-refractivity contribution is 7.92. The van der Waals surface area contributed by atoms with Gasteiger partial charge in [-0.2, -0.15) is 0 Å². The number of anilines is 1. The van der Waals surface area contributed by atoms with Gasteiger partial charge in [-0.05, 0) is 63.4 Å². The van der Waals surface area contributed by atoms with E-state index in [1.807, 2.05) is 45.0 Å². The molecule has 0 spiro atoms. The predicted molar refractivity (Wildman–Crippen MR) is 114 cm³/mol. The monoisotopic (exact) mass is 436 g/mol. The van der Waals surface area contributed by atoms with E-state index in [1.165, 1.54) is 22.5 Å². The SMILES string of the molecule is CC(C)(C)NC(=O)COc1ccc(S(=O)(=O)N2CCCc3ccccc32)cc1Cl. The first-order valence-electron chi connectivity index (χ1n) is 9.42. The topological polar surface area (TPSA) is 75.7 Å². The lowest BCUT2D eigenvalue weighted by Crippen LogP contribution is -2.43. The van der Waals surface area contributed by atoms with E-state index in [4.69, 9.17) is 16.3 Å². The summed E-state index contributed by atoms with van der Waals surface area (Å²) in [5, 5.41) is 2.93. The number of sulfonamides is 1. The highest BCUT2D eigenvalue weighted by atomic mass is 35.5. The Morgan fingerprint density at radius 1 is 1.21 bits per heavy atom. The Morgan fingerprint density at radius 2 is 1.93 bits per heavy atom. The van der Waals surface area contributed by atoms with Gasteiger partial charge >= 0.3 is 0 Å². The zero-order chi connectivity index (χ0) is 21.2. The van der Waals surface area contributed by atoms with Crippen LogP contribution in [0.4, 0.5) is 5.69 Å². The Labute approximate surface area is 176 Å². The number of carbonyl (C=O) groups excluding carboxylic acids is 1. The van der Waals surface area contributed by atoms with E-state index in [0.29, 0.717) is 12.2 Å². The molecule has 0 aliphatic carbocycles. The summed E-state index contributed by atoms with van der Waals surface area (Å²) in [4.78, 5) is 12.0. The van der Waals surface area contributed by atoms with Gasteiger partial charge in [-0.1, -0.05) is 29.8 Å². The second-order valence-corrected chi connectivity index (χ2v) is 10.3. The first-order valence-corrected chi connectivity index (χ1v) is 11.2. The molecule has 8 heteroatoms. The number of fused-ring (bicyclic) bond motifs is 1. The number of carbonyl (C=O) groups is 1. The maximum Gasteiger partial charge on any atom is 0.264 e. The van der Waals surface area contributed by atoms with Crippen molar-refractivity contribution in [2.75, 3.05) is 17.5 Å². The van der Waals surface area contributed by atoms with E-state index in [0.717, 1.165) is 18.4 Å². The molecule has 0 radical (unpaired) electrons. The molecule has 156 valence electrons. The zero-order valence-corrected chi connectivity index (χ0v) is 18.3. The molecule has 1 aliphatic rings. The molecule has 3 rings (SSSR count). The summed E-state index contributed by atoms with van der Waals surface area (Å²) in [6, 6.07) is 11.8. The molecule has 1 N–H and O–H groups in total. The van der Waals surface area contributed by atoms with Crippen molar-refractivity contribution < 1.29 is 17.9 Å². The minimum Gasteiger partial charge on any atom is -0.482 e. The van der Waals surface area contributed by atoms with Gasteiger partial charge in [-0.3, -0.25) is 9.10 Å². The maximum atomic E-state index is 13.2. The molecule has 2 aromatic rings. The summed E-state index contributed by atoms with van der Waals surface area (Å²) in [6.45, 7) is 5.83. The van der Waals surface area contributed by atoms with E-state index in [1.54, 1.807) is 0 Å². The summed E-state index contributed by atoms with van der Waals surface area (Å²) in [7, 11) is -3.76. The van der Waals surface area contributed by atoms with Crippen LogP contribution in [-0.4, -0.2) is 33.0 Å². The first-order chi connectivity index (χ1) is 13.6. The molecule has 0 fully saturated rings. The van der Waals surface area contributed by atoms with Gasteiger partial charge < -0.3 is 10.1 Å². The third-order valence-electron chi connectivity index (χ3n) is 4.43. The lowest BCUT2D eigenvalue weighted by atomic mass is 10.0. The molecule has 1 heterocycles. The molecule has 1 amide bonds. The summed E-state index contributed by atoms with van der Waals surface area (Å²) >= 11 is 6.25. The van der Waals surface area contributed by atoms with Crippen LogP contribution in [0.25, 0.3) is 0 Å². The number of rotatable bonds is 5. The van der Waals surface area contributed by atoms with E-state index in [2.05, 4.69) is 5.32 Å². The number of para-hydroxylation sites is 1. The van der Waals surface area contributed by atoms with Gasteiger partial charge in [0.25, 0.3) is 15.9 Å². The van der Waals surface area contributed by atoms with Crippen LogP contribution < -0.4 is 14.4 Å². The number of nitrogens with zero attached hydrogens (tertiary/aromatic N) is 1. The quantitative estimate of drug-likeness (QED) is 0.773. The third-order valence-corrected chi connectivity index (χ3v) is 6.54. The number of amides is 1. The second-order valence-electron chi connectivity index (χ2n) is 7.99. The number of halogens is 1. The Hall–Kier alpha value is -2.25. The van der Waals surface area contributed by atoms with Crippen LogP contribution in [0, 0.1) is 0 Å². The average molecular weight is 437 g/mol. The summed E-state index contributed by atoms with van der Waals surface area (Å²) in [5.74, 6) is -0.0242. The van der Waals surface area contributed by atoms with Crippen molar-refractivity contribution in [2.24, 2.45) is 0 Å². The number of nitrogens with one attached hydrogen (secondary N) is 1. The fraction of sp³-hybridized carbons (Fsp3) is 0.381. The number of benzene rings is 2. The van der Waals surface area contributed by atoms with Gasteiger partial charge in [-0.15, -0.1) is 0 Å². The van der Waals surface area contributed by atoms with Crippen molar-refractivity contribution in [3.8, 4) is 5.75 Å². The molecule has 0 bridgehead atoms. The Kier molecular flexibility index (Phi) is 6.10. The molecular formula is C21H25ClN2O4S. The van der Waals surface area contributed by atoms with Crippen molar-refractivity contribution >= 4 is 33.2 Å². The molecule has 0 unspecified atom stereocenters. The minimum absolute atomic E-state index is 0.0886. The zero-order valence-electron chi connectivity index (χ0n) is 16.7. The maximum absolute atomic E-state index is 13.2. The van der Waals surface area contributed by atoms with Crippen LogP contribution in [0.15, 0.2) is 47.4 Å². The van der Waals surface area contributed by atoms with E-state index in [-0.39, 0.29) is 33.7 Å². The smallest absolute Gasteiger partial charge is 0.264 e. The first kappa shape index (κ1) is 21.5. The molecule has 29 heavy (non-hydrogen) atoms. The Balaban J connectivity index is 1.79. The van der Waals surface area contributed by atoms with Crippen molar-refractivity contribution in [3.05, 3.63) is 53.1 Å². The molecule has 0 atom stereocenters. The van der Waals surface area contributed by atoms with Gasteiger partial charge in [0.2, 0.25) is 0 Å². The van der Waals surface area contributed by atoms with Crippen LogP contribution >= 0.6 is 11.6 Å². The van der Waals surface area contributed by atoms with Crippen LogP contribution in [0.5, 0.6) is 5.75 Å². The molecule has 6 nitrogen and oxygen atoms in total. The average Bonchev–Trinajstić information content (AvgIpc) is 2.65. The number of aryl methyl sites for hydroxylation is 1. The standard InChI is InChI=1S/C21H25ClN2O4S/c1-21(2,3)23-20(25)14-28-19-11-10-16(13-17(19)22)29(26,27)24-12-6-8-15-7-4-5-9-18(15)24/h4-5,7,9-11,13H,6,8,12,14H2,1-3H3,(H,23,25). The van der Waals surface area contributed by atoms with Gasteiger partial charge in [0.15, 0.2) is 6.61 Å². The summed E-state index contributed by atoms with van der Waals surface area (Å²) in [6.07, 6.45) is 1.61.